The van der Waals surface area contributed by atoms with Crippen molar-refractivity contribution in [3.8, 4) is 62.1 Å². The summed E-state index contributed by atoms with van der Waals surface area (Å²) in [6.45, 7) is 0. The van der Waals surface area contributed by atoms with Crippen molar-refractivity contribution < 1.29 is 0 Å². The van der Waals surface area contributed by atoms with Gasteiger partial charge in [0.15, 0.2) is 17.5 Å². The lowest BCUT2D eigenvalue weighted by atomic mass is 9.96. The second-order valence-electron chi connectivity index (χ2n) is 13.3. The molecule has 0 saturated heterocycles. The molecule has 0 aliphatic carbocycles. The van der Waals surface area contributed by atoms with Crippen LogP contribution in [0, 0.1) is 0 Å². The van der Waals surface area contributed by atoms with E-state index in [-0.39, 0.29) is 0 Å². The van der Waals surface area contributed by atoms with Gasteiger partial charge in [-0.2, -0.15) is 0 Å². The Morgan fingerprint density at radius 2 is 0.736 bits per heavy atom. The van der Waals surface area contributed by atoms with E-state index in [4.69, 9.17) is 15.0 Å². The molecule has 0 spiro atoms. The Bertz CT molecular complexity index is 2840. The number of hydrogen-bond donors (Lipinski definition) is 0. The average molecular weight is 677 g/mol. The predicted octanol–water partition coefficient (Wildman–Crippen LogP) is 12.5. The molecule has 2 heterocycles. The van der Waals surface area contributed by atoms with Crippen LogP contribution in [0.1, 0.15) is 0 Å². The van der Waals surface area contributed by atoms with Crippen molar-refractivity contribution in [2.24, 2.45) is 0 Å². The SMILES string of the molecule is c1ccc(-c2ccc(-c3ccc4ccc5c(c4c3)c3ccccc3n5-c3ccc(-c4nc(-c5ccccc5)nc(-c5ccccc5)n4)cc3)cc2)cc1. The summed E-state index contributed by atoms with van der Waals surface area (Å²) in [5.74, 6) is 1.94. The lowest BCUT2D eigenvalue weighted by molar-refractivity contribution is 1.07. The first-order valence-corrected chi connectivity index (χ1v) is 17.9. The first kappa shape index (κ1) is 30.6. The number of fused-ring (bicyclic) bond motifs is 5. The molecular formula is C49H32N4. The fourth-order valence-electron chi connectivity index (χ4n) is 7.43. The van der Waals surface area contributed by atoms with E-state index in [1.54, 1.807) is 0 Å². The van der Waals surface area contributed by atoms with Gasteiger partial charge in [-0.3, -0.25) is 0 Å². The Labute approximate surface area is 307 Å². The van der Waals surface area contributed by atoms with Gasteiger partial charge < -0.3 is 4.57 Å². The van der Waals surface area contributed by atoms with E-state index >= 15 is 0 Å². The Morgan fingerprint density at radius 1 is 0.302 bits per heavy atom. The third-order valence-electron chi connectivity index (χ3n) is 10.1. The molecule has 4 heteroatoms. The van der Waals surface area contributed by atoms with Crippen LogP contribution >= 0.6 is 0 Å². The zero-order valence-corrected chi connectivity index (χ0v) is 28.8. The van der Waals surface area contributed by atoms with Crippen LogP contribution in [-0.4, -0.2) is 19.5 Å². The summed E-state index contributed by atoms with van der Waals surface area (Å²) in [7, 11) is 0. The minimum atomic E-state index is 0.641. The molecule has 0 atom stereocenters. The molecule has 0 fully saturated rings. The number of aromatic nitrogens is 4. The highest BCUT2D eigenvalue weighted by Crippen LogP contribution is 2.39. The maximum atomic E-state index is 4.95. The maximum Gasteiger partial charge on any atom is 0.164 e. The van der Waals surface area contributed by atoms with Crippen LogP contribution in [0.15, 0.2) is 194 Å². The molecule has 0 bridgehead atoms. The van der Waals surface area contributed by atoms with Crippen LogP contribution in [-0.2, 0) is 0 Å². The van der Waals surface area contributed by atoms with Gasteiger partial charge in [0, 0.05) is 33.2 Å². The molecule has 0 saturated carbocycles. The maximum absolute atomic E-state index is 4.95. The first-order valence-electron chi connectivity index (χ1n) is 17.9. The predicted molar refractivity (Wildman–Crippen MR) is 219 cm³/mol. The standard InChI is InChI=1S/C49H32N4/c1-4-12-33(13-5-1)34-20-22-35(23-21-34)40-25-24-36-28-31-45-46(43(36)32-40)42-18-10-11-19-44(42)53(45)41-29-26-39(27-30-41)49-51-47(37-14-6-2-7-15-37)50-48(52-49)38-16-8-3-9-17-38/h1-32H. The van der Waals surface area contributed by atoms with E-state index < -0.39 is 0 Å². The zero-order valence-electron chi connectivity index (χ0n) is 28.8. The average Bonchev–Trinajstić information content (AvgIpc) is 3.59. The molecule has 0 unspecified atom stereocenters. The van der Waals surface area contributed by atoms with Gasteiger partial charge in [-0.25, -0.2) is 15.0 Å². The fourth-order valence-corrected chi connectivity index (χ4v) is 7.43. The molecular weight excluding hydrogens is 645 g/mol. The lowest BCUT2D eigenvalue weighted by Gasteiger charge is -2.11. The van der Waals surface area contributed by atoms with E-state index in [0.29, 0.717) is 17.5 Å². The fraction of sp³-hybridized carbons (Fsp3) is 0. The molecule has 248 valence electrons. The van der Waals surface area contributed by atoms with Gasteiger partial charge in [-0.15, -0.1) is 0 Å². The van der Waals surface area contributed by atoms with Gasteiger partial charge >= 0.3 is 0 Å². The van der Waals surface area contributed by atoms with Crippen LogP contribution in [0.2, 0.25) is 0 Å². The number of para-hydroxylation sites is 1. The van der Waals surface area contributed by atoms with Crippen molar-refractivity contribution in [2.45, 2.75) is 0 Å². The second kappa shape index (κ2) is 12.9. The van der Waals surface area contributed by atoms with Crippen molar-refractivity contribution >= 4 is 32.6 Å². The summed E-state index contributed by atoms with van der Waals surface area (Å²) in [6, 6.07) is 68.2. The van der Waals surface area contributed by atoms with E-state index in [1.807, 2.05) is 60.7 Å². The van der Waals surface area contributed by atoms with Crippen LogP contribution in [0.4, 0.5) is 0 Å². The highest BCUT2D eigenvalue weighted by Gasteiger charge is 2.17. The van der Waals surface area contributed by atoms with Gasteiger partial charge in [0.1, 0.15) is 0 Å². The molecule has 4 nitrogen and oxygen atoms in total. The van der Waals surface area contributed by atoms with Crippen molar-refractivity contribution in [3.63, 3.8) is 0 Å². The minimum Gasteiger partial charge on any atom is -0.309 e. The second-order valence-corrected chi connectivity index (χ2v) is 13.3. The minimum absolute atomic E-state index is 0.641. The molecule has 0 amide bonds. The monoisotopic (exact) mass is 676 g/mol. The van der Waals surface area contributed by atoms with Crippen LogP contribution < -0.4 is 0 Å². The summed E-state index contributed by atoms with van der Waals surface area (Å²) in [4.78, 5) is 14.8. The Kier molecular flexibility index (Phi) is 7.43. The summed E-state index contributed by atoms with van der Waals surface area (Å²) in [5.41, 5.74) is 11.1. The summed E-state index contributed by atoms with van der Waals surface area (Å²) < 4.78 is 2.37. The van der Waals surface area contributed by atoms with Crippen molar-refractivity contribution in [1.82, 2.24) is 19.5 Å². The lowest BCUT2D eigenvalue weighted by Crippen LogP contribution is -2.00. The number of rotatable bonds is 6. The van der Waals surface area contributed by atoms with E-state index in [0.717, 1.165) is 22.4 Å². The van der Waals surface area contributed by atoms with E-state index in [1.165, 1.54) is 54.8 Å². The van der Waals surface area contributed by atoms with Gasteiger partial charge in [0.25, 0.3) is 0 Å². The summed E-state index contributed by atoms with van der Waals surface area (Å²) in [6.07, 6.45) is 0. The molecule has 0 N–H and O–H groups in total. The quantitative estimate of drug-likeness (QED) is 0.176. The normalized spacial score (nSPS) is 11.4. The van der Waals surface area contributed by atoms with Crippen molar-refractivity contribution in [1.29, 1.82) is 0 Å². The molecule has 2 aromatic heterocycles. The van der Waals surface area contributed by atoms with Crippen LogP contribution in [0.25, 0.3) is 94.7 Å². The molecule has 53 heavy (non-hydrogen) atoms. The highest BCUT2D eigenvalue weighted by molar-refractivity contribution is 6.21. The van der Waals surface area contributed by atoms with E-state index in [2.05, 4.69) is 138 Å². The number of benzene rings is 8. The van der Waals surface area contributed by atoms with Gasteiger partial charge in [0.2, 0.25) is 0 Å². The van der Waals surface area contributed by atoms with Gasteiger partial charge in [-0.05, 0) is 75.5 Å². The molecule has 8 aromatic carbocycles. The molecule has 10 rings (SSSR count). The summed E-state index contributed by atoms with van der Waals surface area (Å²) in [5, 5.41) is 4.94. The Morgan fingerprint density at radius 3 is 1.34 bits per heavy atom. The van der Waals surface area contributed by atoms with Gasteiger partial charge in [-0.1, -0.05) is 152 Å². The summed E-state index contributed by atoms with van der Waals surface area (Å²) >= 11 is 0. The molecule has 0 radical (unpaired) electrons. The highest BCUT2D eigenvalue weighted by atomic mass is 15.0. The molecule has 10 aromatic rings. The largest absolute Gasteiger partial charge is 0.309 e. The third kappa shape index (κ3) is 5.54. The van der Waals surface area contributed by atoms with Crippen LogP contribution in [0.5, 0.6) is 0 Å². The Balaban J connectivity index is 1.08. The Hall–Kier alpha value is -7.17. The third-order valence-corrected chi connectivity index (χ3v) is 10.1. The van der Waals surface area contributed by atoms with Crippen LogP contribution in [0.3, 0.4) is 0 Å². The van der Waals surface area contributed by atoms with Gasteiger partial charge in [0.05, 0.1) is 11.0 Å². The topological polar surface area (TPSA) is 43.6 Å². The van der Waals surface area contributed by atoms with E-state index in [9.17, 15) is 0 Å². The molecule has 0 aliphatic heterocycles. The first-order chi connectivity index (χ1) is 26.3. The number of hydrogen-bond acceptors (Lipinski definition) is 3. The smallest absolute Gasteiger partial charge is 0.164 e. The van der Waals surface area contributed by atoms with Crippen molar-refractivity contribution in [2.75, 3.05) is 0 Å². The number of nitrogens with zero attached hydrogens (tertiary/aromatic N) is 4. The molecule has 0 aliphatic rings. The zero-order chi connectivity index (χ0) is 35.1. The van der Waals surface area contributed by atoms with Crippen molar-refractivity contribution in [3.05, 3.63) is 194 Å².